The van der Waals surface area contributed by atoms with E-state index in [1.165, 1.54) is 0 Å². The summed E-state index contributed by atoms with van der Waals surface area (Å²) in [7, 11) is 0. The number of aromatic nitrogens is 4. The summed E-state index contributed by atoms with van der Waals surface area (Å²) in [5.41, 5.74) is 1.50. The largest absolute Gasteiger partial charge is 0.513 e. The van der Waals surface area contributed by atoms with Gasteiger partial charge in [0.25, 0.3) is 0 Å². The van der Waals surface area contributed by atoms with Gasteiger partial charge >= 0.3 is 17.9 Å². The fourth-order valence-corrected chi connectivity index (χ4v) is 2.32. The van der Waals surface area contributed by atoms with Crippen LogP contribution in [0.4, 0.5) is 4.79 Å². The SMILES string of the molecule is CCCCc1ccc2[nH]c(=O)n3nc(OC(=O)O)nc3c2c1. The molecule has 0 radical (unpaired) electrons. The summed E-state index contributed by atoms with van der Waals surface area (Å²) in [6, 6.07) is 5.32. The van der Waals surface area contributed by atoms with Crippen LogP contribution in [-0.2, 0) is 6.42 Å². The van der Waals surface area contributed by atoms with Gasteiger partial charge in [-0.3, -0.25) is 0 Å². The average molecular weight is 302 g/mol. The van der Waals surface area contributed by atoms with Crippen LogP contribution < -0.4 is 10.4 Å². The molecule has 0 fully saturated rings. The first kappa shape index (κ1) is 14.1. The van der Waals surface area contributed by atoms with Crippen LogP contribution in [0, 0.1) is 0 Å². The standard InChI is InChI=1S/C14H14N4O4/c1-2-3-4-8-5-6-10-9(7-8)11-16-12(22-14(20)21)17-18(11)13(19)15-10/h5-7H,2-4H2,1H3,(H,15,19)(H,20,21). The number of ether oxygens (including phenoxy) is 1. The molecule has 0 aliphatic carbocycles. The number of rotatable bonds is 4. The highest BCUT2D eigenvalue weighted by atomic mass is 16.7. The van der Waals surface area contributed by atoms with Gasteiger partial charge in [-0.15, -0.1) is 5.10 Å². The second-order valence-electron chi connectivity index (χ2n) is 4.91. The summed E-state index contributed by atoms with van der Waals surface area (Å²) in [5.74, 6) is 0. The molecule has 0 amide bonds. The Hall–Kier alpha value is -2.90. The Morgan fingerprint density at radius 3 is 3.00 bits per heavy atom. The summed E-state index contributed by atoms with van der Waals surface area (Å²) in [5, 5.41) is 13.1. The fraction of sp³-hybridized carbons (Fsp3) is 0.286. The lowest BCUT2D eigenvalue weighted by Gasteiger charge is -2.03. The van der Waals surface area contributed by atoms with Gasteiger partial charge in [-0.25, -0.2) is 9.59 Å². The Bertz CT molecular complexity index is 912. The Morgan fingerprint density at radius 1 is 1.45 bits per heavy atom. The van der Waals surface area contributed by atoms with Crippen LogP contribution in [0.3, 0.4) is 0 Å². The molecular weight excluding hydrogens is 288 g/mol. The number of hydrogen-bond donors (Lipinski definition) is 2. The predicted molar refractivity (Wildman–Crippen MR) is 78.4 cm³/mol. The third-order valence-corrected chi connectivity index (χ3v) is 3.34. The smallest absolute Gasteiger partial charge is 0.449 e. The minimum absolute atomic E-state index is 0.272. The van der Waals surface area contributed by atoms with Crippen LogP contribution in [-0.4, -0.2) is 30.8 Å². The number of fused-ring (bicyclic) bond motifs is 3. The molecule has 22 heavy (non-hydrogen) atoms. The predicted octanol–water partition coefficient (Wildman–Crippen LogP) is 1.97. The van der Waals surface area contributed by atoms with Gasteiger partial charge in [0, 0.05) is 5.39 Å². The molecule has 3 aromatic rings. The van der Waals surface area contributed by atoms with Crippen molar-refractivity contribution in [2.75, 3.05) is 0 Å². The topological polar surface area (TPSA) is 110 Å². The minimum Gasteiger partial charge on any atom is -0.449 e. The van der Waals surface area contributed by atoms with Gasteiger partial charge in [-0.05, 0) is 30.5 Å². The molecule has 0 aliphatic heterocycles. The lowest BCUT2D eigenvalue weighted by atomic mass is 10.1. The van der Waals surface area contributed by atoms with Gasteiger partial charge in [-0.2, -0.15) is 9.50 Å². The number of aryl methyl sites for hydroxylation is 1. The van der Waals surface area contributed by atoms with Gasteiger partial charge in [0.2, 0.25) is 0 Å². The molecule has 2 aromatic heterocycles. The molecule has 2 heterocycles. The first-order valence-electron chi connectivity index (χ1n) is 6.91. The van der Waals surface area contributed by atoms with Gasteiger partial charge in [0.05, 0.1) is 5.52 Å². The van der Waals surface area contributed by atoms with Crippen molar-refractivity contribution in [3.05, 3.63) is 34.2 Å². The molecule has 0 unspecified atom stereocenters. The summed E-state index contributed by atoms with van der Waals surface area (Å²) in [6.45, 7) is 2.12. The van der Waals surface area contributed by atoms with Crippen LogP contribution in [0.1, 0.15) is 25.3 Å². The van der Waals surface area contributed by atoms with Crippen LogP contribution in [0.2, 0.25) is 0 Å². The van der Waals surface area contributed by atoms with Crippen LogP contribution in [0.25, 0.3) is 16.6 Å². The number of carbonyl (C=O) groups is 1. The van der Waals surface area contributed by atoms with E-state index in [1.807, 2.05) is 18.2 Å². The molecule has 3 rings (SSSR count). The number of benzene rings is 1. The molecular formula is C14H14N4O4. The van der Waals surface area contributed by atoms with E-state index in [1.54, 1.807) is 0 Å². The van der Waals surface area contributed by atoms with Gasteiger partial charge < -0.3 is 14.8 Å². The third kappa shape index (κ3) is 2.50. The molecule has 0 saturated heterocycles. The minimum atomic E-state index is -1.53. The Balaban J connectivity index is 2.19. The number of aromatic amines is 1. The summed E-state index contributed by atoms with van der Waals surface area (Å²) < 4.78 is 5.42. The van der Waals surface area contributed by atoms with Gasteiger partial charge in [-0.1, -0.05) is 19.4 Å². The number of H-pyrrole nitrogens is 1. The second kappa shape index (κ2) is 5.47. The number of unbranched alkanes of at least 4 members (excludes halogenated alkanes) is 1. The fourth-order valence-electron chi connectivity index (χ4n) is 2.32. The van der Waals surface area contributed by atoms with Crippen molar-refractivity contribution in [3.8, 4) is 6.01 Å². The van der Waals surface area contributed by atoms with E-state index in [2.05, 4.69) is 26.7 Å². The van der Waals surface area contributed by atoms with Crippen molar-refractivity contribution in [1.82, 2.24) is 19.6 Å². The maximum Gasteiger partial charge on any atom is 0.513 e. The molecule has 0 atom stereocenters. The van der Waals surface area contributed by atoms with Gasteiger partial charge in [0.15, 0.2) is 5.65 Å². The van der Waals surface area contributed by atoms with E-state index >= 15 is 0 Å². The number of nitrogens with zero attached hydrogens (tertiary/aromatic N) is 3. The second-order valence-corrected chi connectivity index (χ2v) is 4.91. The van der Waals surface area contributed by atoms with E-state index in [0.29, 0.717) is 10.9 Å². The van der Waals surface area contributed by atoms with E-state index < -0.39 is 11.8 Å². The number of nitrogens with one attached hydrogen (secondary N) is 1. The first-order chi connectivity index (χ1) is 10.6. The third-order valence-electron chi connectivity index (χ3n) is 3.34. The van der Waals surface area contributed by atoms with Crippen molar-refractivity contribution in [2.45, 2.75) is 26.2 Å². The molecule has 1 aromatic carbocycles. The molecule has 114 valence electrons. The highest BCUT2D eigenvalue weighted by Gasteiger charge is 2.14. The highest BCUT2D eigenvalue weighted by Crippen LogP contribution is 2.19. The summed E-state index contributed by atoms with van der Waals surface area (Å²) >= 11 is 0. The molecule has 0 bridgehead atoms. The monoisotopic (exact) mass is 302 g/mol. The maximum atomic E-state index is 12.0. The van der Waals surface area contributed by atoms with Crippen LogP contribution >= 0.6 is 0 Å². The molecule has 2 N–H and O–H groups in total. The van der Waals surface area contributed by atoms with E-state index in [4.69, 9.17) is 5.11 Å². The Kier molecular flexibility index (Phi) is 3.50. The van der Waals surface area contributed by atoms with Gasteiger partial charge in [0.1, 0.15) is 0 Å². The summed E-state index contributed by atoms with van der Waals surface area (Å²) in [6.07, 6.45) is 1.54. The van der Waals surface area contributed by atoms with Crippen molar-refractivity contribution in [3.63, 3.8) is 0 Å². The van der Waals surface area contributed by atoms with Crippen molar-refractivity contribution >= 4 is 22.7 Å². The zero-order chi connectivity index (χ0) is 15.7. The lowest BCUT2D eigenvalue weighted by Crippen LogP contribution is -2.17. The maximum absolute atomic E-state index is 12.0. The van der Waals surface area contributed by atoms with E-state index in [9.17, 15) is 9.59 Å². The van der Waals surface area contributed by atoms with E-state index in [0.717, 1.165) is 29.3 Å². The normalized spacial score (nSPS) is 11.1. The number of hydrogen-bond acceptors (Lipinski definition) is 5. The van der Waals surface area contributed by atoms with Crippen molar-refractivity contribution < 1.29 is 14.6 Å². The Morgan fingerprint density at radius 2 is 2.27 bits per heavy atom. The lowest BCUT2D eigenvalue weighted by molar-refractivity contribution is 0.140. The van der Waals surface area contributed by atoms with Crippen molar-refractivity contribution in [1.29, 1.82) is 0 Å². The quantitative estimate of drug-likeness (QED) is 0.713. The molecule has 0 aliphatic rings. The zero-order valence-corrected chi connectivity index (χ0v) is 11.9. The summed E-state index contributed by atoms with van der Waals surface area (Å²) in [4.78, 5) is 29.2. The van der Waals surface area contributed by atoms with E-state index in [-0.39, 0.29) is 11.7 Å². The molecule has 8 heteroatoms. The van der Waals surface area contributed by atoms with Crippen LogP contribution in [0.5, 0.6) is 6.01 Å². The average Bonchev–Trinajstić information content (AvgIpc) is 2.89. The zero-order valence-electron chi connectivity index (χ0n) is 11.9. The van der Waals surface area contributed by atoms with Crippen LogP contribution in [0.15, 0.2) is 23.0 Å². The number of carboxylic acid groups (broad SMARTS) is 1. The molecule has 0 spiro atoms. The highest BCUT2D eigenvalue weighted by molar-refractivity contribution is 5.91. The molecule has 8 nitrogen and oxygen atoms in total. The Labute approximate surface area is 124 Å². The first-order valence-corrected chi connectivity index (χ1v) is 6.91. The van der Waals surface area contributed by atoms with Crippen molar-refractivity contribution in [2.24, 2.45) is 0 Å². The molecule has 0 saturated carbocycles.